The second-order valence-corrected chi connectivity index (χ2v) is 6.29. The molecule has 8 heteroatoms. The van der Waals surface area contributed by atoms with Gasteiger partial charge in [-0.25, -0.2) is 9.61 Å². The predicted octanol–water partition coefficient (Wildman–Crippen LogP) is 2.87. The van der Waals surface area contributed by atoms with E-state index in [-0.39, 0.29) is 5.91 Å². The summed E-state index contributed by atoms with van der Waals surface area (Å²) < 4.78 is 4.71. The Morgan fingerprint density at radius 2 is 2.12 bits per heavy atom. The lowest BCUT2D eigenvalue weighted by atomic mass is 10.3. The van der Waals surface area contributed by atoms with E-state index in [0.29, 0.717) is 29.4 Å². The molecule has 3 aromatic heterocycles. The number of nitrogens with zero attached hydrogens (tertiary/aromatic N) is 5. The molecule has 7 nitrogen and oxygen atoms in total. The first kappa shape index (κ1) is 16.3. The van der Waals surface area contributed by atoms with E-state index in [1.807, 2.05) is 32.9 Å². The van der Waals surface area contributed by atoms with Crippen molar-refractivity contribution in [2.45, 2.75) is 27.3 Å². The molecule has 0 fully saturated rings. The van der Waals surface area contributed by atoms with E-state index in [4.69, 9.17) is 4.63 Å². The molecular weight excluding hydrogens is 326 g/mol. The first-order valence-electron chi connectivity index (χ1n) is 7.55. The Hall–Kier alpha value is -2.61. The standard InChI is InChI=1S/C16H17N5O2S/c1-4-21(9-13-10(2)19-23-20-13)16(22)14-11(3)18-15(24-14)12-6-5-7-17-8-12/h5-8H,4,9H2,1-3H3. The maximum absolute atomic E-state index is 12.9. The lowest BCUT2D eigenvalue weighted by molar-refractivity contribution is 0.0752. The highest BCUT2D eigenvalue weighted by Gasteiger charge is 2.23. The summed E-state index contributed by atoms with van der Waals surface area (Å²) in [7, 11) is 0. The molecule has 3 heterocycles. The molecule has 3 aromatic rings. The van der Waals surface area contributed by atoms with Gasteiger partial charge < -0.3 is 4.90 Å². The minimum Gasteiger partial charge on any atom is -0.332 e. The van der Waals surface area contributed by atoms with Crippen LogP contribution in [0.5, 0.6) is 0 Å². The average molecular weight is 343 g/mol. The molecule has 0 saturated carbocycles. The topological polar surface area (TPSA) is 85.0 Å². The molecule has 124 valence electrons. The molecule has 24 heavy (non-hydrogen) atoms. The smallest absolute Gasteiger partial charge is 0.266 e. The number of pyridine rings is 1. The van der Waals surface area contributed by atoms with E-state index < -0.39 is 0 Å². The third kappa shape index (κ3) is 3.18. The van der Waals surface area contributed by atoms with Crippen molar-refractivity contribution < 1.29 is 9.42 Å². The molecule has 0 radical (unpaired) electrons. The second-order valence-electron chi connectivity index (χ2n) is 5.29. The third-order valence-corrected chi connectivity index (χ3v) is 4.85. The van der Waals surface area contributed by atoms with Gasteiger partial charge in [-0.15, -0.1) is 11.3 Å². The SMILES string of the molecule is CCN(Cc1nonc1C)C(=O)c1sc(-c2cccnc2)nc1C. The van der Waals surface area contributed by atoms with E-state index in [2.05, 4.69) is 20.3 Å². The highest BCUT2D eigenvalue weighted by Crippen LogP contribution is 2.28. The van der Waals surface area contributed by atoms with Gasteiger partial charge in [-0.3, -0.25) is 9.78 Å². The van der Waals surface area contributed by atoms with Crippen molar-refractivity contribution >= 4 is 17.2 Å². The lowest BCUT2D eigenvalue weighted by Crippen LogP contribution is -2.30. The van der Waals surface area contributed by atoms with Gasteiger partial charge in [0.2, 0.25) is 0 Å². The Morgan fingerprint density at radius 3 is 2.75 bits per heavy atom. The summed E-state index contributed by atoms with van der Waals surface area (Å²) in [6.45, 7) is 6.51. The molecular formula is C16H17N5O2S. The fraction of sp³-hybridized carbons (Fsp3) is 0.312. The number of hydrogen-bond acceptors (Lipinski definition) is 7. The van der Waals surface area contributed by atoms with E-state index in [0.717, 1.165) is 16.3 Å². The summed E-state index contributed by atoms with van der Waals surface area (Å²) >= 11 is 1.38. The van der Waals surface area contributed by atoms with Crippen LogP contribution in [0, 0.1) is 13.8 Å². The van der Waals surface area contributed by atoms with Gasteiger partial charge in [-0.1, -0.05) is 10.3 Å². The second kappa shape index (κ2) is 6.88. The number of thiazole rings is 1. The molecule has 0 unspecified atom stereocenters. The lowest BCUT2D eigenvalue weighted by Gasteiger charge is -2.18. The van der Waals surface area contributed by atoms with Crippen molar-refractivity contribution in [3.05, 3.63) is 46.5 Å². The average Bonchev–Trinajstić information content (AvgIpc) is 3.18. The number of carbonyl (C=O) groups excluding carboxylic acids is 1. The van der Waals surface area contributed by atoms with Gasteiger partial charge in [-0.05, 0) is 32.9 Å². The largest absolute Gasteiger partial charge is 0.332 e. The first-order valence-corrected chi connectivity index (χ1v) is 8.37. The quantitative estimate of drug-likeness (QED) is 0.708. The van der Waals surface area contributed by atoms with Crippen LogP contribution in [-0.2, 0) is 6.54 Å². The van der Waals surface area contributed by atoms with Crippen molar-refractivity contribution in [3.63, 3.8) is 0 Å². The predicted molar refractivity (Wildman–Crippen MR) is 89.5 cm³/mol. The Morgan fingerprint density at radius 1 is 1.29 bits per heavy atom. The monoisotopic (exact) mass is 343 g/mol. The van der Waals surface area contributed by atoms with Gasteiger partial charge in [-0.2, -0.15) is 0 Å². The van der Waals surface area contributed by atoms with Crippen molar-refractivity contribution in [3.8, 4) is 10.6 Å². The molecule has 3 rings (SSSR count). The summed E-state index contributed by atoms with van der Waals surface area (Å²) in [4.78, 5) is 23.8. The number of hydrogen-bond donors (Lipinski definition) is 0. The van der Waals surface area contributed by atoms with Gasteiger partial charge in [0.1, 0.15) is 21.3 Å². The number of amides is 1. The Balaban J connectivity index is 1.86. The molecule has 0 atom stereocenters. The molecule has 0 N–H and O–H groups in total. The minimum atomic E-state index is -0.0648. The van der Waals surface area contributed by atoms with Gasteiger partial charge in [0, 0.05) is 24.5 Å². The number of aromatic nitrogens is 4. The summed E-state index contributed by atoms with van der Waals surface area (Å²) in [6, 6.07) is 3.79. The van der Waals surface area contributed by atoms with Crippen LogP contribution in [-0.4, -0.2) is 37.6 Å². The highest BCUT2D eigenvalue weighted by atomic mass is 32.1. The summed E-state index contributed by atoms with van der Waals surface area (Å²) in [5.41, 5.74) is 2.99. The Kier molecular flexibility index (Phi) is 4.66. The Labute approximate surface area is 143 Å². The fourth-order valence-corrected chi connectivity index (χ4v) is 3.28. The van der Waals surface area contributed by atoms with Crippen molar-refractivity contribution in [2.24, 2.45) is 0 Å². The highest BCUT2D eigenvalue weighted by molar-refractivity contribution is 7.17. The Bertz CT molecular complexity index is 843. The van der Waals surface area contributed by atoms with Crippen LogP contribution in [0.2, 0.25) is 0 Å². The molecule has 0 saturated heterocycles. The van der Waals surface area contributed by atoms with E-state index >= 15 is 0 Å². The number of rotatable bonds is 5. The van der Waals surface area contributed by atoms with Crippen LogP contribution in [0.25, 0.3) is 10.6 Å². The van der Waals surface area contributed by atoms with Crippen molar-refractivity contribution in [1.29, 1.82) is 0 Å². The van der Waals surface area contributed by atoms with Crippen LogP contribution in [0.4, 0.5) is 0 Å². The number of aryl methyl sites for hydroxylation is 2. The van der Waals surface area contributed by atoms with Crippen LogP contribution in [0.15, 0.2) is 29.2 Å². The van der Waals surface area contributed by atoms with Crippen LogP contribution in [0.3, 0.4) is 0 Å². The van der Waals surface area contributed by atoms with Gasteiger partial charge >= 0.3 is 0 Å². The molecule has 0 aliphatic heterocycles. The summed E-state index contributed by atoms with van der Waals surface area (Å²) in [5.74, 6) is -0.0648. The summed E-state index contributed by atoms with van der Waals surface area (Å²) in [5, 5.41) is 8.40. The van der Waals surface area contributed by atoms with Gasteiger partial charge in [0.05, 0.1) is 12.2 Å². The van der Waals surface area contributed by atoms with Crippen molar-refractivity contribution in [1.82, 2.24) is 25.2 Å². The van der Waals surface area contributed by atoms with E-state index in [9.17, 15) is 4.79 Å². The number of carbonyl (C=O) groups is 1. The van der Waals surface area contributed by atoms with Crippen LogP contribution in [0.1, 0.15) is 33.7 Å². The normalized spacial score (nSPS) is 10.8. The molecule has 0 aromatic carbocycles. The zero-order chi connectivity index (χ0) is 17.1. The third-order valence-electron chi connectivity index (χ3n) is 3.66. The molecule has 0 bridgehead atoms. The minimum absolute atomic E-state index is 0.0648. The molecule has 0 aliphatic rings. The zero-order valence-electron chi connectivity index (χ0n) is 13.7. The van der Waals surface area contributed by atoms with Crippen LogP contribution >= 0.6 is 11.3 Å². The zero-order valence-corrected chi connectivity index (χ0v) is 14.5. The van der Waals surface area contributed by atoms with Gasteiger partial charge in [0.15, 0.2) is 0 Å². The molecule has 0 aliphatic carbocycles. The van der Waals surface area contributed by atoms with Crippen LogP contribution < -0.4 is 0 Å². The van der Waals surface area contributed by atoms with E-state index in [1.54, 1.807) is 17.3 Å². The first-order chi connectivity index (χ1) is 11.6. The molecule has 0 spiro atoms. The fourth-order valence-electron chi connectivity index (χ4n) is 2.25. The van der Waals surface area contributed by atoms with E-state index in [1.165, 1.54) is 11.3 Å². The maximum Gasteiger partial charge on any atom is 0.266 e. The van der Waals surface area contributed by atoms with Gasteiger partial charge in [0.25, 0.3) is 5.91 Å². The molecule has 1 amide bonds. The summed E-state index contributed by atoms with van der Waals surface area (Å²) in [6.07, 6.45) is 3.46. The van der Waals surface area contributed by atoms with Crippen molar-refractivity contribution in [2.75, 3.05) is 6.54 Å². The maximum atomic E-state index is 12.9.